The molecule has 1 N–H and O–H groups in total. The SMILES string of the molecule is C/C=C1/C(=O)NCc2c1cc1n(c2=O)CCC12OCCO2. The molecule has 1 saturated heterocycles. The minimum atomic E-state index is -0.805. The predicted molar refractivity (Wildman–Crippen MR) is 74.4 cm³/mol. The molecule has 1 spiro atoms. The van der Waals surface area contributed by atoms with E-state index in [1.54, 1.807) is 17.6 Å². The van der Waals surface area contributed by atoms with Crippen LogP contribution in [0.1, 0.15) is 30.2 Å². The van der Waals surface area contributed by atoms with Crippen molar-refractivity contribution in [2.24, 2.45) is 0 Å². The Hall–Kier alpha value is -1.92. The van der Waals surface area contributed by atoms with Crippen LogP contribution in [0.2, 0.25) is 0 Å². The zero-order valence-electron chi connectivity index (χ0n) is 11.8. The average molecular weight is 288 g/mol. The molecular weight excluding hydrogens is 272 g/mol. The minimum absolute atomic E-state index is 0.0576. The van der Waals surface area contributed by atoms with Crippen molar-refractivity contribution in [3.8, 4) is 0 Å². The van der Waals surface area contributed by atoms with Gasteiger partial charge in [0.1, 0.15) is 0 Å². The monoisotopic (exact) mass is 288 g/mol. The first-order chi connectivity index (χ1) is 10.2. The van der Waals surface area contributed by atoms with Crippen LogP contribution in [0.25, 0.3) is 5.57 Å². The number of nitrogens with one attached hydrogen (secondary N) is 1. The summed E-state index contributed by atoms with van der Waals surface area (Å²) in [4.78, 5) is 24.6. The first-order valence-corrected chi connectivity index (χ1v) is 7.16. The van der Waals surface area contributed by atoms with Gasteiger partial charge in [-0.1, -0.05) is 6.08 Å². The van der Waals surface area contributed by atoms with E-state index in [2.05, 4.69) is 5.32 Å². The van der Waals surface area contributed by atoms with Crippen molar-refractivity contribution in [1.29, 1.82) is 0 Å². The second-order valence-electron chi connectivity index (χ2n) is 5.46. The topological polar surface area (TPSA) is 69.6 Å². The second-order valence-corrected chi connectivity index (χ2v) is 5.46. The maximum absolute atomic E-state index is 12.7. The van der Waals surface area contributed by atoms with Gasteiger partial charge in [0.15, 0.2) is 0 Å². The summed E-state index contributed by atoms with van der Waals surface area (Å²) in [5.74, 6) is -0.948. The largest absolute Gasteiger partial charge is 0.348 e. The third-order valence-electron chi connectivity index (χ3n) is 4.46. The third-order valence-corrected chi connectivity index (χ3v) is 4.46. The van der Waals surface area contributed by atoms with Gasteiger partial charge in [0.05, 0.1) is 18.9 Å². The lowest BCUT2D eigenvalue weighted by atomic mass is 9.95. The van der Waals surface area contributed by atoms with Crippen molar-refractivity contribution in [2.75, 3.05) is 13.2 Å². The summed E-state index contributed by atoms with van der Waals surface area (Å²) in [5.41, 5.74) is 2.56. The van der Waals surface area contributed by atoms with Crippen molar-refractivity contribution in [2.45, 2.75) is 32.2 Å². The Labute approximate surface area is 121 Å². The molecule has 4 heterocycles. The number of carbonyl (C=O) groups is 1. The number of carbonyl (C=O) groups excluding carboxylic acids is 1. The highest BCUT2D eigenvalue weighted by Gasteiger charge is 2.46. The van der Waals surface area contributed by atoms with Crippen LogP contribution in [-0.2, 0) is 33.1 Å². The summed E-state index contributed by atoms with van der Waals surface area (Å²) in [6.45, 7) is 3.72. The summed E-state index contributed by atoms with van der Waals surface area (Å²) in [6.07, 6.45) is 2.37. The molecule has 0 radical (unpaired) electrons. The third kappa shape index (κ3) is 1.60. The van der Waals surface area contributed by atoms with Crippen molar-refractivity contribution in [3.05, 3.63) is 39.3 Å². The molecule has 3 aliphatic rings. The van der Waals surface area contributed by atoms with Gasteiger partial charge in [-0.3, -0.25) is 9.59 Å². The fourth-order valence-electron chi connectivity index (χ4n) is 3.44. The maximum Gasteiger partial charge on any atom is 0.256 e. The van der Waals surface area contributed by atoms with E-state index < -0.39 is 5.79 Å². The van der Waals surface area contributed by atoms with Crippen molar-refractivity contribution >= 4 is 11.5 Å². The lowest BCUT2D eigenvalue weighted by molar-refractivity contribution is -0.163. The molecule has 0 atom stereocenters. The van der Waals surface area contributed by atoms with Crippen LogP contribution >= 0.6 is 0 Å². The number of nitrogens with zero attached hydrogens (tertiary/aromatic N) is 1. The molecule has 6 nitrogen and oxygen atoms in total. The molecule has 0 unspecified atom stereocenters. The lowest BCUT2D eigenvalue weighted by Gasteiger charge is -2.25. The molecule has 1 fully saturated rings. The van der Waals surface area contributed by atoms with Gasteiger partial charge in [-0.25, -0.2) is 0 Å². The Morgan fingerprint density at radius 1 is 1.33 bits per heavy atom. The van der Waals surface area contributed by atoms with Gasteiger partial charge in [0.2, 0.25) is 5.79 Å². The number of ether oxygens (including phenoxy) is 2. The highest BCUT2D eigenvalue weighted by Crippen LogP contribution is 2.40. The first-order valence-electron chi connectivity index (χ1n) is 7.16. The number of fused-ring (bicyclic) bond motifs is 3. The molecule has 0 bridgehead atoms. The molecule has 0 aliphatic carbocycles. The standard InChI is InChI=1S/C15H16N2O4/c1-2-9-10-7-12-15(20-5-6-21-15)3-4-17(12)14(19)11(10)8-16-13(9)18/h2,7H,3-6,8H2,1H3,(H,16,18)/b9-2+. The molecule has 0 aromatic carbocycles. The van der Waals surface area contributed by atoms with Crippen LogP contribution in [-0.4, -0.2) is 23.7 Å². The van der Waals surface area contributed by atoms with E-state index in [0.717, 1.165) is 5.69 Å². The smallest absolute Gasteiger partial charge is 0.256 e. The van der Waals surface area contributed by atoms with E-state index in [9.17, 15) is 9.59 Å². The summed E-state index contributed by atoms with van der Waals surface area (Å²) in [6, 6.07) is 1.89. The van der Waals surface area contributed by atoms with Crippen LogP contribution in [0.3, 0.4) is 0 Å². The summed E-state index contributed by atoms with van der Waals surface area (Å²) >= 11 is 0. The zero-order chi connectivity index (χ0) is 14.6. The molecule has 1 aromatic rings. The molecule has 1 amide bonds. The Bertz CT molecular complexity index is 726. The fraction of sp³-hybridized carbons (Fsp3) is 0.467. The van der Waals surface area contributed by atoms with Crippen LogP contribution in [0.15, 0.2) is 16.9 Å². The van der Waals surface area contributed by atoms with Gasteiger partial charge in [-0.05, 0) is 18.6 Å². The Morgan fingerprint density at radius 2 is 2.10 bits per heavy atom. The van der Waals surface area contributed by atoms with E-state index in [1.807, 2.05) is 6.07 Å². The zero-order valence-corrected chi connectivity index (χ0v) is 11.8. The van der Waals surface area contributed by atoms with E-state index in [0.29, 0.717) is 42.9 Å². The van der Waals surface area contributed by atoms with E-state index >= 15 is 0 Å². The number of amides is 1. The van der Waals surface area contributed by atoms with Crippen molar-refractivity contribution in [3.63, 3.8) is 0 Å². The molecule has 21 heavy (non-hydrogen) atoms. The van der Waals surface area contributed by atoms with Gasteiger partial charge in [0, 0.05) is 30.6 Å². The molecule has 1 aromatic heterocycles. The average Bonchev–Trinajstić information content (AvgIpc) is 3.09. The highest BCUT2D eigenvalue weighted by molar-refractivity contribution is 6.20. The molecule has 3 aliphatic heterocycles. The van der Waals surface area contributed by atoms with Gasteiger partial charge in [-0.2, -0.15) is 0 Å². The Kier molecular flexibility index (Phi) is 2.61. The Morgan fingerprint density at radius 3 is 2.81 bits per heavy atom. The molecular formula is C15H16N2O4. The van der Waals surface area contributed by atoms with Crippen LogP contribution in [0.5, 0.6) is 0 Å². The van der Waals surface area contributed by atoms with Crippen molar-refractivity contribution < 1.29 is 14.3 Å². The number of pyridine rings is 1. The second kappa shape index (κ2) is 4.29. The fourth-order valence-corrected chi connectivity index (χ4v) is 3.44. The van der Waals surface area contributed by atoms with Gasteiger partial charge < -0.3 is 19.4 Å². The summed E-state index contributed by atoms with van der Waals surface area (Å²) in [7, 11) is 0. The highest BCUT2D eigenvalue weighted by atomic mass is 16.7. The van der Waals surface area contributed by atoms with Crippen LogP contribution < -0.4 is 10.9 Å². The van der Waals surface area contributed by atoms with Crippen LogP contribution in [0.4, 0.5) is 0 Å². The first kappa shape index (κ1) is 12.8. The van der Waals surface area contributed by atoms with E-state index in [4.69, 9.17) is 9.47 Å². The van der Waals surface area contributed by atoms with Gasteiger partial charge >= 0.3 is 0 Å². The molecule has 0 saturated carbocycles. The number of hydrogen-bond donors (Lipinski definition) is 1. The normalized spacial score (nSPS) is 24.2. The number of allylic oxidation sites excluding steroid dienone is 1. The van der Waals surface area contributed by atoms with Crippen LogP contribution in [0, 0.1) is 0 Å². The summed E-state index contributed by atoms with van der Waals surface area (Å²) < 4.78 is 13.3. The number of rotatable bonds is 0. The van der Waals surface area contributed by atoms with E-state index in [1.165, 1.54) is 0 Å². The number of aromatic nitrogens is 1. The van der Waals surface area contributed by atoms with Gasteiger partial charge in [0.25, 0.3) is 11.5 Å². The molecule has 6 heteroatoms. The van der Waals surface area contributed by atoms with E-state index in [-0.39, 0.29) is 18.0 Å². The summed E-state index contributed by atoms with van der Waals surface area (Å²) in [5, 5.41) is 2.75. The molecule has 110 valence electrons. The van der Waals surface area contributed by atoms with Crippen molar-refractivity contribution in [1.82, 2.24) is 9.88 Å². The predicted octanol–water partition coefficient (Wildman–Crippen LogP) is 0.485. The lowest BCUT2D eigenvalue weighted by Crippen LogP contribution is -2.37. The minimum Gasteiger partial charge on any atom is -0.348 e. The quantitative estimate of drug-likeness (QED) is 0.705. The Balaban J connectivity index is 1.98. The molecule has 4 rings (SSSR count). The van der Waals surface area contributed by atoms with Gasteiger partial charge in [-0.15, -0.1) is 0 Å². The maximum atomic E-state index is 12.7. The number of hydrogen-bond acceptors (Lipinski definition) is 4.